The number of nitrogens with two attached hydrogens (primary N) is 1. The lowest BCUT2D eigenvalue weighted by Crippen LogP contribution is -2.21. The van der Waals surface area contributed by atoms with E-state index in [4.69, 9.17) is 5.73 Å². The third-order valence-corrected chi connectivity index (χ3v) is 3.37. The third kappa shape index (κ3) is 3.54. The Morgan fingerprint density at radius 1 is 1.30 bits per heavy atom. The molecule has 2 rings (SSSR count). The monoisotopic (exact) mass is 273 g/mol. The van der Waals surface area contributed by atoms with Crippen LogP contribution in [0.4, 0.5) is 15.9 Å². The van der Waals surface area contributed by atoms with Crippen LogP contribution in [0.2, 0.25) is 0 Å². The number of halogens is 1. The first-order valence-electron chi connectivity index (χ1n) is 6.80. The molecule has 0 aliphatic rings. The molecule has 2 N–H and O–H groups in total. The predicted molar refractivity (Wildman–Crippen MR) is 80.7 cm³/mol. The van der Waals surface area contributed by atoms with E-state index in [1.807, 2.05) is 36.3 Å². The van der Waals surface area contributed by atoms with Crippen molar-refractivity contribution in [2.75, 3.05) is 11.9 Å². The lowest BCUT2D eigenvalue weighted by molar-refractivity contribution is 0.628. The Bertz CT molecular complexity index is 554. The van der Waals surface area contributed by atoms with Gasteiger partial charge < -0.3 is 10.6 Å². The first-order chi connectivity index (χ1) is 9.60. The van der Waals surface area contributed by atoms with E-state index in [1.165, 1.54) is 12.1 Å². The molecule has 0 saturated carbocycles. The van der Waals surface area contributed by atoms with E-state index in [2.05, 4.69) is 11.9 Å². The zero-order valence-electron chi connectivity index (χ0n) is 11.9. The second-order valence-electron chi connectivity index (χ2n) is 4.94. The van der Waals surface area contributed by atoms with Crippen molar-refractivity contribution in [2.24, 2.45) is 5.73 Å². The van der Waals surface area contributed by atoms with Crippen LogP contribution in [-0.4, -0.2) is 18.1 Å². The van der Waals surface area contributed by atoms with Crippen LogP contribution in [0.5, 0.6) is 0 Å². The molecule has 0 radical (unpaired) electrons. The zero-order chi connectivity index (χ0) is 14.5. The van der Waals surface area contributed by atoms with Gasteiger partial charge >= 0.3 is 0 Å². The van der Waals surface area contributed by atoms with E-state index in [9.17, 15) is 4.39 Å². The molecule has 106 valence electrons. The maximum absolute atomic E-state index is 13.2. The maximum atomic E-state index is 13.2. The first-order valence-corrected chi connectivity index (χ1v) is 6.80. The number of pyridine rings is 1. The van der Waals surface area contributed by atoms with Gasteiger partial charge in [-0.15, -0.1) is 0 Å². The average molecular weight is 273 g/mol. The second-order valence-corrected chi connectivity index (χ2v) is 4.94. The van der Waals surface area contributed by atoms with Crippen LogP contribution in [0, 0.1) is 5.82 Å². The molecule has 1 heterocycles. The number of benzene rings is 1. The highest BCUT2D eigenvalue weighted by Gasteiger charge is 2.07. The van der Waals surface area contributed by atoms with Crippen molar-refractivity contribution in [1.29, 1.82) is 0 Å². The topological polar surface area (TPSA) is 42.1 Å². The molecular weight excluding hydrogens is 253 g/mol. The summed E-state index contributed by atoms with van der Waals surface area (Å²) in [5.74, 6) is 0.532. The maximum Gasteiger partial charge on any atom is 0.132 e. The van der Waals surface area contributed by atoms with Gasteiger partial charge in [0, 0.05) is 25.0 Å². The van der Waals surface area contributed by atoms with Gasteiger partial charge in [-0.2, -0.15) is 0 Å². The summed E-state index contributed by atoms with van der Waals surface area (Å²) in [6.45, 7) is 2.07. The Balaban J connectivity index is 2.13. The van der Waals surface area contributed by atoms with Gasteiger partial charge in [0.2, 0.25) is 0 Å². The minimum absolute atomic E-state index is 0.170. The minimum atomic E-state index is -0.250. The van der Waals surface area contributed by atoms with E-state index in [1.54, 1.807) is 6.07 Å². The van der Waals surface area contributed by atoms with Gasteiger partial charge in [-0.25, -0.2) is 9.37 Å². The summed E-state index contributed by atoms with van der Waals surface area (Å²) in [5.41, 5.74) is 7.83. The number of nitrogens with zero attached hydrogens (tertiary/aromatic N) is 2. The van der Waals surface area contributed by atoms with Crippen molar-refractivity contribution in [2.45, 2.75) is 25.8 Å². The number of rotatable bonds is 5. The molecule has 0 spiro atoms. The van der Waals surface area contributed by atoms with E-state index in [0.717, 1.165) is 29.9 Å². The molecule has 1 atom stereocenters. The van der Waals surface area contributed by atoms with Crippen LogP contribution >= 0.6 is 0 Å². The SMILES string of the molecule is CCC(N)Cc1ccc(N(C)c2cccc(F)c2)nc1. The van der Waals surface area contributed by atoms with Gasteiger partial charge in [0.25, 0.3) is 0 Å². The van der Waals surface area contributed by atoms with Crippen molar-refractivity contribution in [3.63, 3.8) is 0 Å². The Hall–Kier alpha value is -1.94. The van der Waals surface area contributed by atoms with Gasteiger partial charge in [-0.05, 0) is 42.7 Å². The van der Waals surface area contributed by atoms with Crippen molar-refractivity contribution in [3.8, 4) is 0 Å². The first kappa shape index (κ1) is 14.5. The van der Waals surface area contributed by atoms with Crippen LogP contribution < -0.4 is 10.6 Å². The molecule has 0 amide bonds. The van der Waals surface area contributed by atoms with Gasteiger partial charge in [0.05, 0.1) is 0 Å². The summed E-state index contributed by atoms with van der Waals surface area (Å²) >= 11 is 0. The summed E-state index contributed by atoms with van der Waals surface area (Å²) in [7, 11) is 1.87. The Morgan fingerprint density at radius 3 is 2.70 bits per heavy atom. The lowest BCUT2D eigenvalue weighted by Gasteiger charge is -2.18. The fourth-order valence-corrected chi connectivity index (χ4v) is 2.00. The smallest absolute Gasteiger partial charge is 0.132 e. The Kier molecular flexibility index (Phi) is 4.69. The van der Waals surface area contributed by atoms with Crippen LogP contribution in [0.25, 0.3) is 0 Å². The van der Waals surface area contributed by atoms with Crippen LogP contribution in [0.1, 0.15) is 18.9 Å². The summed E-state index contributed by atoms with van der Waals surface area (Å²) in [6.07, 6.45) is 3.61. The van der Waals surface area contributed by atoms with Crippen LogP contribution in [0.15, 0.2) is 42.6 Å². The summed E-state index contributed by atoms with van der Waals surface area (Å²) in [4.78, 5) is 6.27. The van der Waals surface area contributed by atoms with Gasteiger partial charge in [-0.1, -0.05) is 19.1 Å². The molecule has 0 saturated heterocycles. The van der Waals surface area contributed by atoms with Crippen LogP contribution in [0.3, 0.4) is 0 Å². The number of anilines is 2. The number of aromatic nitrogens is 1. The molecule has 1 aromatic carbocycles. The lowest BCUT2D eigenvalue weighted by atomic mass is 10.1. The molecule has 0 aliphatic heterocycles. The summed E-state index contributed by atoms with van der Waals surface area (Å²) < 4.78 is 13.2. The highest BCUT2D eigenvalue weighted by molar-refractivity contribution is 5.58. The van der Waals surface area contributed by atoms with Gasteiger partial charge in [0.15, 0.2) is 0 Å². The molecule has 1 aromatic heterocycles. The van der Waals surface area contributed by atoms with Crippen molar-refractivity contribution in [3.05, 3.63) is 54.0 Å². The quantitative estimate of drug-likeness (QED) is 0.909. The normalized spacial score (nSPS) is 12.2. The fraction of sp³-hybridized carbons (Fsp3) is 0.312. The highest BCUT2D eigenvalue weighted by atomic mass is 19.1. The highest BCUT2D eigenvalue weighted by Crippen LogP contribution is 2.22. The zero-order valence-corrected chi connectivity index (χ0v) is 11.9. The Morgan fingerprint density at radius 2 is 2.10 bits per heavy atom. The molecular formula is C16H20FN3. The van der Waals surface area contributed by atoms with E-state index in [-0.39, 0.29) is 11.9 Å². The van der Waals surface area contributed by atoms with E-state index in [0.29, 0.717) is 0 Å². The van der Waals surface area contributed by atoms with E-state index < -0.39 is 0 Å². The van der Waals surface area contributed by atoms with Crippen molar-refractivity contribution >= 4 is 11.5 Å². The molecule has 0 fully saturated rings. The molecule has 0 bridgehead atoms. The summed E-state index contributed by atoms with van der Waals surface area (Å²) in [6, 6.07) is 10.6. The van der Waals surface area contributed by atoms with Gasteiger partial charge in [-0.3, -0.25) is 0 Å². The molecule has 1 unspecified atom stereocenters. The van der Waals surface area contributed by atoms with Gasteiger partial charge in [0.1, 0.15) is 11.6 Å². The van der Waals surface area contributed by atoms with Crippen molar-refractivity contribution in [1.82, 2.24) is 4.98 Å². The summed E-state index contributed by atoms with van der Waals surface area (Å²) in [5, 5.41) is 0. The largest absolute Gasteiger partial charge is 0.329 e. The fourth-order valence-electron chi connectivity index (χ4n) is 2.00. The number of hydrogen-bond donors (Lipinski definition) is 1. The van der Waals surface area contributed by atoms with Crippen molar-refractivity contribution < 1.29 is 4.39 Å². The third-order valence-electron chi connectivity index (χ3n) is 3.37. The minimum Gasteiger partial charge on any atom is -0.329 e. The molecule has 2 aromatic rings. The number of hydrogen-bond acceptors (Lipinski definition) is 3. The standard InChI is InChI=1S/C16H20FN3/c1-3-14(18)9-12-7-8-16(19-11-12)20(2)15-6-4-5-13(17)10-15/h4-8,10-11,14H,3,9,18H2,1-2H3. The molecule has 3 nitrogen and oxygen atoms in total. The van der Waals surface area contributed by atoms with Crippen LogP contribution in [-0.2, 0) is 6.42 Å². The average Bonchev–Trinajstić information content (AvgIpc) is 2.47. The molecule has 4 heteroatoms. The molecule has 0 aliphatic carbocycles. The van der Waals surface area contributed by atoms with E-state index >= 15 is 0 Å². The Labute approximate surface area is 119 Å². The second kappa shape index (κ2) is 6.48. The molecule has 20 heavy (non-hydrogen) atoms. The predicted octanol–water partition coefficient (Wildman–Crippen LogP) is 3.27.